The molecule has 152 valence electrons. The number of hydrogen-bond donors (Lipinski definition) is 1. The number of nitrogens with zero attached hydrogens (tertiary/aromatic N) is 1. The summed E-state index contributed by atoms with van der Waals surface area (Å²) in [6.07, 6.45) is 1.49. The van der Waals surface area contributed by atoms with Crippen LogP contribution in [0.15, 0.2) is 74.6 Å². The van der Waals surface area contributed by atoms with Crippen LogP contribution in [0, 0.1) is 0 Å². The highest BCUT2D eigenvalue weighted by Gasteiger charge is 2.28. The monoisotopic (exact) mass is 496 g/mol. The van der Waals surface area contributed by atoms with Crippen molar-refractivity contribution in [1.29, 1.82) is 0 Å². The summed E-state index contributed by atoms with van der Waals surface area (Å²) in [5.74, 6) is 0.294. The quantitative estimate of drug-likeness (QED) is 0.523. The number of hydrogen-bond acceptors (Lipinski definition) is 4. The van der Waals surface area contributed by atoms with Crippen molar-refractivity contribution >= 4 is 43.5 Å². The molecule has 29 heavy (non-hydrogen) atoms. The lowest BCUT2D eigenvalue weighted by molar-refractivity contribution is 0.0963. The van der Waals surface area contributed by atoms with E-state index in [4.69, 9.17) is 16.0 Å². The van der Waals surface area contributed by atoms with Gasteiger partial charge in [0.05, 0.1) is 17.8 Å². The topological polar surface area (TPSA) is 79.6 Å². The van der Waals surface area contributed by atoms with E-state index in [-0.39, 0.29) is 28.9 Å². The third kappa shape index (κ3) is 5.08. The molecule has 1 amide bonds. The maximum absolute atomic E-state index is 13.3. The first-order chi connectivity index (χ1) is 13.8. The molecule has 0 aliphatic carbocycles. The Bertz CT molecular complexity index is 1100. The molecule has 0 saturated heterocycles. The summed E-state index contributed by atoms with van der Waals surface area (Å²) in [4.78, 5) is 11.7. The molecule has 0 unspecified atom stereocenters. The summed E-state index contributed by atoms with van der Waals surface area (Å²) >= 11 is 9.50. The van der Waals surface area contributed by atoms with Crippen molar-refractivity contribution in [3.05, 3.63) is 87.2 Å². The van der Waals surface area contributed by atoms with Gasteiger partial charge in [0, 0.05) is 23.6 Å². The number of benzene rings is 2. The fourth-order valence-corrected chi connectivity index (χ4v) is 5.14. The van der Waals surface area contributed by atoms with Crippen molar-refractivity contribution < 1.29 is 17.6 Å². The van der Waals surface area contributed by atoms with Gasteiger partial charge in [-0.2, -0.15) is 4.31 Å². The van der Waals surface area contributed by atoms with E-state index in [1.165, 1.54) is 22.7 Å². The lowest BCUT2D eigenvalue weighted by Crippen LogP contribution is -2.30. The molecule has 0 radical (unpaired) electrons. The number of amides is 1. The zero-order valence-corrected chi connectivity index (χ0v) is 18.6. The van der Waals surface area contributed by atoms with Crippen molar-refractivity contribution in [2.75, 3.05) is 7.05 Å². The first-order valence-corrected chi connectivity index (χ1v) is 11.2. The largest absolute Gasteiger partial charge is 0.468 e. The minimum atomic E-state index is -3.91. The SMILES string of the molecule is CNC(=O)c1ccc(CN(Cc2ccco2)S(=O)(=O)c2ccc(Br)cc2Cl)cc1. The highest BCUT2D eigenvalue weighted by molar-refractivity contribution is 9.10. The van der Waals surface area contributed by atoms with Crippen LogP contribution in [0.3, 0.4) is 0 Å². The van der Waals surface area contributed by atoms with Gasteiger partial charge >= 0.3 is 0 Å². The second kappa shape index (κ2) is 9.13. The lowest BCUT2D eigenvalue weighted by Gasteiger charge is -2.22. The van der Waals surface area contributed by atoms with Gasteiger partial charge in [-0.25, -0.2) is 8.42 Å². The minimum absolute atomic E-state index is 0.0101. The van der Waals surface area contributed by atoms with E-state index < -0.39 is 10.0 Å². The highest BCUT2D eigenvalue weighted by atomic mass is 79.9. The van der Waals surface area contributed by atoms with E-state index in [2.05, 4.69) is 21.2 Å². The van der Waals surface area contributed by atoms with Crippen LogP contribution in [-0.4, -0.2) is 25.7 Å². The molecule has 1 aromatic heterocycles. The summed E-state index contributed by atoms with van der Waals surface area (Å²) in [5.41, 5.74) is 1.22. The number of sulfonamides is 1. The molecule has 6 nitrogen and oxygen atoms in total. The zero-order chi connectivity index (χ0) is 21.0. The fraction of sp³-hybridized carbons (Fsp3) is 0.150. The molecule has 1 N–H and O–H groups in total. The van der Waals surface area contributed by atoms with Crippen molar-refractivity contribution in [2.45, 2.75) is 18.0 Å². The van der Waals surface area contributed by atoms with Crippen molar-refractivity contribution in [2.24, 2.45) is 0 Å². The molecule has 0 saturated carbocycles. The maximum atomic E-state index is 13.3. The molecule has 1 heterocycles. The Balaban J connectivity index is 1.95. The van der Waals surface area contributed by atoms with Crippen molar-refractivity contribution in [1.82, 2.24) is 9.62 Å². The molecule has 3 rings (SSSR count). The molecule has 0 bridgehead atoms. The molecule has 0 aliphatic rings. The predicted octanol–water partition coefficient (Wildman–Crippen LogP) is 4.45. The van der Waals surface area contributed by atoms with Crippen LogP contribution in [-0.2, 0) is 23.1 Å². The normalized spacial score (nSPS) is 11.6. The Labute approximate surface area is 182 Å². The molecule has 0 atom stereocenters. The zero-order valence-electron chi connectivity index (χ0n) is 15.4. The fourth-order valence-electron chi connectivity index (χ4n) is 2.74. The predicted molar refractivity (Wildman–Crippen MR) is 114 cm³/mol. The third-order valence-corrected chi connectivity index (χ3v) is 6.99. The van der Waals surface area contributed by atoms with Gasteiger partial charge in [-0.1, -0.05) is 39.7 Å². The first-order valence-electron chi connectivity index (χ1n) is 8.60. The van der Waals surface area contributed by atoms with Crippen LogP contribution in [0.5, 0.6) is 0 Å². The maximum Gasteiger partial charge on any atom is 0.251 e. The van der Waals surface area contributed by atoms with Gasteiger partial charge in [0.1, 0.15) is 10.7 Å². The second-order valence-corrected chi connectivity index (χ2v) is 9.43. The summed E-state index contributed by atoms with van der Waals surface area (Å²) in [6, 6.07) is 14.8. The van der Waals surface area contributed by atoms with Gasteiger partial charge in [-0.15, -0.1) is 0 Å². The van der Waals surface area contributed by atoms with Crippen LogP contribution in [0.2, 0.25) is 5.02 Å². The average Bonchev–Trinajstić information content (AvgIpc) is 3.20. The molecular weight excluding hydrogens is 480 g/mol. The Morgan fingerprint density at radius 1 is 1.14 bits per heavy atom. The number of carbonyl (C=O) groups is 1. The van der Waals surface area contributed by atoms with Gasteiger partial charge in [-0.3, -0.25) is 4.79 Å². The van der Waals surface area contributed by atoms with Crippen LogP contribution in [0.1, 0.15) is 21.7 Å². The second-order valence-electron chi connectivity index (χ2n) is 6.20. The molecule has 9 heteroatoms. The van der Waals surface area contributed by atoms with Crippen molar-refractivity contribution in [3.63, 3.8) is 0 Å². The smallest absolute Gasteiger partial charge is 0.251 e. The van der Waals surface area contributed by atoms with Gasteiger partial charge < -0.3 is 9.73 Å². The molecule has 0 spiro atoms. The molecule has 0 aliphatic heterocycles. The lowest BCUT2D eigenvalue weighted by atomic mass is 10.1. The summed E-state index contributed by atoms with van der Waals surface area (Å²) < 4.78 is 34.0. The number of halogens is 2. The average molecular weight is 498 g/mol. The molecule has 0 fully saturated rings. The van der Waals surface area contributed by atoms with E-state index in [1.807, 2.05) is 0 Å². The van der Waals surface area contributed by atoms with E-state index in [0.29, 0.717) is 15.8 Å². The minimum Gasteiger partial charge on any atom is -0.468 e. The Kier molecular flexibility index (Phi) is 6.79. The van der Waals surface area contributed by atoms with E-state index in [9.17, 15) is 13.2 Å². The highest BCUT2D eigenvalue weighted by Crippen LogP contribution is 2.29. The van der Waals surface area contributed by atoms with Crippen LogP contribution in [0.4, 0.5) is 0 Å². The number of nitrogens with one attached hydrogen (secondary N) is 1. The Morgan fingerprint density at radius 2 is 1.86 bits per heavy atom. The molecular formula is C20H18BrClN2O4S. The first kappa shape index (κ1) is 21.6. The molecule has 2 aromatic carbocycles. The molecule has 3 aromatic rings. The van der Waals surface area contributed by atoms with Gasteiger partial charge in [0.2, 0.25) is 10.0 Å². The summed E-state index contributed by atoms with van der Waals surface area (Å²) in [5, 5.41) is 2.68. The van der Waals surface area contributed by atoms with Crippen LogP contribution < -0.4 is 5.32 Å². The third-order valence-electron chi connectivity index (χ3n) is 4.23. The standard InChI is InChI=1S/C20H18BrClN2O4S/c1-23-20(25)15-6-4-14(5-7-15)12-24(13-17-3-2-10-28-17)29(26,27)19-9-8-16(21)11-18(19)22/h2-11H,12-13H2,1H3,(H,23,25). The number of rotatable bonds is 7. The Hall–Kier alpha value is -2.13. The van der Waals surface area contributed by atoms with Gasteiger partial charge in [0.25, 0.3) is 5.91 Å². The van der Waals surface area contributed by atoms with Gasteiger partial charge in [0.15, 0.2) is 0 Å². The summed E-state index contributed by atoms with van der Waals surface area (Å²) in [7, 11) is -2.36. The Morgan fingerprint density at radius 3 is 2.45 bits per heavy atom. The van der Waals surface area contributed by atoms with E-state index in [0.717, 1.165) is 5.56 Å². The van der Waals surface area contributed by atoms with E-state index >= 15 is 0 Å². The number of furan rings is 1. The van der Waals surface area contributed by atoms with Crippen LogP contribution >= 0.6 is 27.5 Å². The summed E-state index contributed by atoms with van der Waals surface area (Å²) in [6.45, 7) is 0.127. The van der Waals surface area contributed by atoms with Crippen molar-refractivity contribution in [3.8, 4) is 0 Å². The van der Waals surface area contributed by atoms with E-state index in [1.54, 1.807) is 49.5 Å². The van der Waals surface area contributed by atoms with Crippen LogP contribution in [0.25, 0.3) is 0 Å². The van der Waals surface area contributed by atoms with Gasteiger partial charge in [-0.05, 0) is 48.0 Å². The number of carbonyl (C=O) groups excluding carboxylic acids is 1.